The summed E-state index contributed by atoms with van der Waals surface area (Å²) in [5.41, 5.74) is 0.934. The molecule has 0 bridgehead atoms. The summed E-state index contributed by atoms with van der Waals surface area (Å²) in [6.07, 6.45) is 6.26. The van der Waals surface area contributed by atoms with Crippen molar-refractivity contribution < 1.29 is 9.90 Å². The molecule has 3 heteroatoms. The lowest BCUT2D eigenvalue weighted by Crippen LogP contribution is -2.31. The average molecular weight is 181 g/mol. The van der Waals surface area contributed by atoms with Crippen LogP contribution in [-0.4, -0.2) is 24.2 Å². The van der Waals surface area contributed by atoms with Gasteiger partial charge in [0.2, 0.25) is 6.41 Å². The Hall–Kier alpha value is -1.35. The summed E-state index contributed by atoms with van der Waals surface area (Å²) in [5, 5.41) is 11.4. The number of rotatable bonds is 7. The molecule has 13 heavy (non-hydrogen) atoms. The van der Waals surface area contributed by atoms with Crippen molar-refractivity contribution in [3.8, 4) is 0 Å². The van der Waals surface area contributed by atoms with Crippen molar-refractivity contribution in [3.05, 3.63) is 37.0 Å². The van der Waals surface area contributed by atoms with Crippen LogP contribution in [0.1, 0.15) is 6.42 Å². The van der Waals surface area contributed by atoms with Crippen LogP contribution in [0.25, 0.3) is 0 Å². The number of carbonyl (C=O) groups is 1. The van der Waals surface area contributed by atoms with Crippen LogP contribution in [0.15, 0.2) is 37.0 Å². The van der Waals surface area contributed by atoms with Gasteiger partial charge in [-0.2, -0.15) is 0 Å². The third kappa shape index (κ3) is 4.98. The van der Waals surface area contributed by atoms with E-state index in [1.807, 2.05) is 0 Å². The highest BCUT2D eigenvalue weighted by Gasteiger charge is 2.05. The largest absolute Gasteiger partial charge is 0.394 e. The van der Waals surface area contributed by atoms with E-state index in [0.29, 0.717) is 12.8 Å². The Bertz CT molecular complexity index is 209. The van der Waals surface area contributed by atoms with Crippen molar-refractivity contribution in [2.45, 2.75) is 12.5 Å². The molecule has 0 aromatic heterocycles. The molecule has 0 saturated carbocycles. The van der Waals surface area contributed by atoms with Crippen LogP contribution < -0.4 is 5.32 Å². The maximum Gasteiger partial charge on any atom is 0.207 e. The maximum atomic E-state index is 10.1. The minimum absolute atomic E-state index is 0.0823. The second-order valence-electron chi connectivity index (χ2n) is 2.55. The Morgan fingerprint density at radius 3 is 2.62 bits per heavy atom. The zero-order chi connectivity index (χ0) is 10.1. The van der Waals surface area contributed by atoms with Crippen molar-refractivity contribution in [3.63, 3.8) is 0 Å². The lowest BCUT2D eigenvalue weighted by atomic mass is 10.1. The molecule has 0 radical (unpaired) electrons. The molecule has 0 aliphatic heterocycles. The Balaban J connectivity index is 4.17. The van der Waals surface area contributed by atoms with E-state index in [2.05, 4.69) is 18.5 Å². The van der Waals surface area contributed by atoms with Gasteiger partial charge < -0.3 is 10.4 Å². The van der Waals surface area contributed by atoms with E-state index in [-0.39, 0.29) is 12.6 Å². The van der Waals surface area contributed by atoms with E-state index in [0.717, 1.165) is 5.57 Å². The van der Waals surface area contributed by atoms with E-state index < -0.39 is 0 Å². The topological polar surface area (TPSA) is 49.3 Å². The van der Waals surface area contributed by atoms with Gasteiger partial charge in [0.15, 0.2) is 0 Å². The van der Waals surface area contributed by atoms with Gasteiger partial charge in [-0.05, 0) is 12.0 Å². The van der Waals surface area contributed by atoms with Crippen LogP contribution in [0.2, 0.25) is 0 Å². The third-order valence-corrected chi connectivity index (χ3v) is 1.60. The van der Waals surface area contributed by atoms with Crippen LogP contribution in [0.4, 0.5) is 0 Å². The number of aliphatic hydroxyl groups is 1. The SMILES string of the molecule is C=C/C=C(\C=C)C[C@H](CO)NC=O. The molecule has 0 aliphatic rings. The summed E-state index contributed by atoms with van der Waals surface area (Å²) in [6, 6.07) is -0.248. The molecule has 3 nitrogen and oxygen atoms in total. The molecule has 1 atom stereocenters. The fourth-order valence-corrected chi connectivity index (χ4v) is 0.928. The first-order valence-corrected chi connectivity index (χ1v) is 4.03. The van der Waals surface area contributed by atoms with E-state index in [4.69, 9.17) is 5.11 Å². The van der Waals surface area contributed by atoms with Gasteiger partial charge in [0.05, 0.1) is 12.6 Å². The van der Waals surface area contributed by atoms with Crippen LogP contribution in [-0.2, 0) is 4.79 Å². The number of nitrogens with one attached hydrogen (secondary N) is 1. The van der Waals surface area contributed by atoms with E-state index >= 15 is 0 Å². The number of amides is 1. The van der Waals surface area contributed by atoms with Gasteiger partial charge in [-0.1, -0.05) is 31.4 Å². The standard InChI is InChI=1S/C10H15NO2/c1-3-5-9(4-2)6-10(7-12)11-8-13/h3-5,8,10,12H,1-2,6-7H2,(H,11,13)/b9-5+/t10-/m1/s1. The molecule has 1 amide bonds. The zero-order valence-electron chi connectivity index (χ0n) is 7.57. The van der Waals surface area contributed by atoms with Gasteiger partial charge in [-0.25, -0.2) is 0 Å². The van der Waals surface area contributed by atoms with Gasteiger partial charge in [0.25, 0.3) is 0 Å². The highest BCUT2D eigenvalue weighted by molar-refractivity contribution is 5.47. The van der Waals surface area contributed by atoms with Gasteiger partial charge in [0, 0.05) is 0 Å². The molecule has 0 spiro atoms. The minimum Gasteiger partial charge on any atom is -0.394 e. The molecule has 0 unspecified atom stereocenters. The normalized spacial score (nSPS) is 13.2. The predicted octanol–water partition coefficient (Wildman–Crippen LogP) is 0.782. The van der Waals surface area contributed by atoms with Crippen molar-refractivity contribution in [1.82, 2.24) is 5.32 Å². The number of allylic oxidation sites excluding steroid dienone is 3. The summed E-state index contributed by atoms with van der Waals surface area (Å²) in [6.45, 7) is 7.08. The van der Waals surface area contributed by atoms with Gasteiger partial charge in [0.1, 0.15) is 0 Å². The van der Waals surface area contributed by atoms with Crippen molar-refractivity contribution in [2.24, 2.45) is 0 Å². The number of carbonyl (C=O) groups excluding carboxylic acids is 1. The average Bonchev–Trinajstić information content (AvgIpc) is 2.16. The number of aliphatic hydroxyl groups excluding tert-OH is 1. The lowest BCUT2D eigenvalue weighted by molar-refractivity contribution is -0.110. The van der Waals surface area contributed by atoms with Crippen LogP contribution in [0.3, 0.4) is 0 Å². The highest BCUT2D eigenvalue weighted by atomic mass is 16.3. The third-order valence-electron chi connectivity index (χ3n) is 1.60. The van der Waals surface area contributed by atoms with Gasteiger partial charge >= 0.3 is 0 Å². The molecule has 0 heterocycles. The van der Waals surface area contributed by atoms with E-state index in [1.165, 1.54) is 0 Å². The van der Waals surface area contributed by atoms with E-state index in [1.54, 1.807) is 18.2 Å². The first-order chi connectivity index (χ1) is 6.28. The Morgan fingerprint density at radius 1 is 1.54 bits per heavy atom. The highest BCUT2D eigenvalue weighted by Crippen LogP contribution is 2.06. The summed E-state index contributed by atoms with van der Waals surface area (Å²) in [7, 11) is 0. The number of hydrogen-bond donors (Lipinski definition) is 2. The summed E-state index contributed by atoms with van der Waals surface area (Å²) < 4.78 is 0. The first kappa shape index (κ1) is 11.6. The Morgan fingerprint density at radius 2 is 2.23 bits per heavy atom. The second-order valence-corrected chi connectivity index (χ2v) is 2.55. The Labute approximate surface area is 78.5 Å². The van der Waals surface area contributed by atoms with Crippen molar-refractivity contribution in [1.29, 1.82) is 0 Å². The molecule has 0 aliphatic carbocycles. The molecular formula is C10H15NO2. The van der Waals surface area contributed by atoms with Crippen LogP contribution in [0, 0.1) is 0 Å². The van der Waals surface area contributed by atoms with Gasteiger partial charge in [-0.3, -0.25) is 4.79 Å². The maximum absolute atomic E-state index is 10.1. The quantitative estimate of drug-likeness (QED) is 0.450. The van der Waals surface area contributed by atoms with Crippen molar-refractivity contribution in [2.75, 3.05) is 6.61 Å². The van der Waals surface area contributed by atoms with E-state index in [9.17, 15) is 4.79 Å². The second kappa shape index (κ2) is 7.31. The summed E-state index contributed by atoms with van der Waals surface area (Å²) in [4.78, 5) is 10.1. The van der Waals surface area contributed by atoms with Gasteiger partial charge in [-0.15, -0.1) is 0 Å². The molecule has 2 N–H and O–H groups in total. The molecule has 0 aromatic rings. The zero-order valence-corrected chi connectivity index (χ0v) is 7.57. The molecule has 0 saturated heterocycles. The van der Waals surface area contributed by atoms with Crippen molar-refractivity contribution >= 4 is 6.41 Å². The number of hydrogen-bond acceptors (Lipinski definition) is 2. The molecule has 72 valence electrons. The first-order valence-electron chi connectivity index (χ1n) is 4.03. The molecule has 0 aromatic carbocycles. The smallest absolute Gasteiger partial charge is 0.207 e. The minimum atomic E-state index is -0.248. The summed E-state index contributed by atoms with van der Waals surface area (Å²) >= 11 is 0. The fourth-order valence-electron chi connectivity index (χ4n) is 0.928. The summed E-state index contributed by atoms with van der Waals surface area (Å²) in [5.74, 6) is 0. The molecule has 0 fully saturated rings. The fraction of sp³-hybridized carbons (Fsp3) is 0.300. The monoisotopic (exact) mass is 181 g/mol. The molecule has 0 rings (SSSR count). The predicted molar refractivity (Wildman–Crippen MR) is 53.2 cm³/mol. The van der Waals surface area contributed by atoms with Crippen LogP contribution >= 0.6 is 0 Å². The van der Waals surface area contributed by atoms with Crippen LogP contribution in [0.5, 0.6) is 0 Å². The Kier molecular flexibility index (Phi) is 6.55. The lowest BCUT2D eigenvalue weighted by Gasteiger charge is -2.12. The molecular weight excluding hydrogens is 166 g/mol.